The van der Waals surface area contributed by atoms with Crippen LogP contribution in [0.1, 0.15) is 26.5 Å². The van der Waals surface area contributed by atoms with Crippen LogP contribution in [0.25, 0.3) is 16.6 Å². The summed E-state index contributed by atoms with van der Waals surface area (Å²) in [6.45, 7) is 7.22. The number of hydrogen-bond donors (Lipinski definition) is 1. The molecule has 0 radical (unpaired) electrons. The average Bonchev–Trinajstić information content (AvgIpc) is 2.92. The normalized spacial score (nSPS) is 12.0. The fourth-order valence-electron chi connectivity index (χ4n) is 2.23. The van der Waals surface area contributed by atoms with Crippen molar-refractivity contribution in [2.45, 2.75) is 32.9 Å². The Morgan fingerprint density at radius 2 is 1.95 bits per heavy atom. The first-order valence-corrected chi connectivity index (χ1v) is 7.17. The lowest BCUT2D eigenvalue weighted by molar-refractivity contribution is 0.420. The van der Waals surface area contributed by atoms with E-state index in [2.05, 4.69) is 48.3 Å². The van der Waals surface area contributed by atoms with Gasteiger partial charge in [0.2, 0.25) is 0 Å². The van der Waals surface area contributed by atoms with Crippen LogP contribution < -0.4 is 5.32 Å². The number of rotatable bonds is 3. The van der Waals surface area contributed by atoms with Crippen LogP contribution in [0.15, 0.2) is 48.8 Å². The number of fused-ring (bicyclic) bond motifs is 1. The number of hydrogen-bond acceptors (Lipinski definition) is 3. The van der Waals surface area contributed by atoms with Gasteiger partial charge in [-0.25, -0.2) is 4.68 Å². The molecule has 0 fully saturated rings. The van der Waals surface area contributed by atoms with Crippen molar-refractivity contribution in [3.8, 4) is 5.69 Å². The third-order valence-corrected chi connectivity index (χ3v) is 3.31. The van der Waals surface area contributed by atoms with Gasteiger partial charge in [0, 0.05) is 29.9 Å². The minimum atomic E-state index is 0.0904. The van der Waals surface area contributed by atoms with E-state index in [9.17, 15) is 0 Å². The van der Waals surface area contributed by atoms with Gasteiger partial charge in [0.25, 0.3) is 0 Å². The van der Waals surface area contributed by atoms with Crippen LogP contribution in [0.4, 0.5) is 0 Å². The Balaban J connectivity index is 1.92. The minimum Gasteiger partial charge on any atom is -0.306 e. The van der Waals surface area contributed by atoms with Gasteiger partial charge in [-0.15, -0.1) is 0 Å². The lowest BCUT2D eigenvalue weighted by Crippen LogP contribution is -2.35. The van der Waals surface area contributed by atoms with E-state index in [1.165, 1.54) is 0 Å². The monoisotopic (exact) mass is 280 g/mol. The molecule has 21 heavy (non-hydrogen) atoms. The van der Waals surface area contributed by atoms with Crippen LogP contribution in [0, 0.1) is 0 Å². The fourth-order valence-corrected chi connectivity index (χ4v) is 2.23. The Kier molecular flexibility index (Phi) is 3.47. The molecule has 0 bridgehead atoms. The molecular formula is C17H20N4. The molecule has 0 atom stereocenters. The number of aromatic nitrogens is 3. The lowest BCUT2D eigenvalue weighted by atomic mass is 10.1. The van der Waals surface area contributed by atoms with E-state index >= 15 is 0 Å². The molecule has 0 spiro atoms. The van der Waals surface area contributed by atoms with Crippen LogP contribution in [0.5, 0.6) is 0 Å². The van der Waals surface area contributed by atoms with Crippen LogP contribution in [0.3, 0.4) is 0 Å². The maximum atomic E-state index is 4.66. The van der Waals surface area contributed by atoms with E-state index in [0.717, 1.165) is 28.8 Å². The second-order valence-electron chi connectivity index (χ2n) is 6.20. The molecule has 0 aliphatic carbocycles. The second-order valence-corrected chi connectivity index (χ2v) is 6.20. The van der Waals surface area contributed by atoms with E-state index in [-0.39, 0.29) is 5.54 Å². The Bertz CT molecular complexity index is 747. The van der Waals surface area contributed by atoms with Gasteiger partial charge in [-0.1, -0.05) is 6.07 Å². The molecule has 2 aromatic heterocycles. The zero-order valence-corrected chi connectivity index (χ0v) is 12.7. The van der Waals surface area contributed by atoms with Gasteiger partial charge < -0.3 is 5.32 Å². The summed E-state index contributed by atoms with van der Waals surface area (Å²) in [4.78, 5) is 4.39. The standard InChI is InChI=1S/C17H20N4/c1-17(2,3)19-12-13-9-11-21(20-13)16-8-4-7-15-14(16)6-5-10-18-15/h4-11,19H,12H2,1-3H3. The highest BCUT2D eigenvalue weighted by Crippen LogP contribution is 2.20. The predicted molar refractivity (Wildman–Crippen MR) is 85.5 cm³/mol. The smallest absolute Gasteiger partial charge is 0.0767 e. The molecule has 4 nitrogen and oxygen atoms in total. The molecule has 0 saturated carbocycles. The third-order valence-electron chi connectivity index (χ3n) is 3.31. The highest BCUT2D eigenvalue weighted by atomic mass is 15.3. The van der Waals surface area contributed by atoms with Crippen molar-refractivity contribution in [2.24, 2.45) is 0 Å². The van der Waals surface area contributed by atoms with Crippen molar-refractivity contribution in [2.75, 3.05) is 0 Å². The van der Waals surface area contributed by atoms with Gasteiger partial charge in [-0.05, 0) is 51.1 Å². The summed E-state index contributed by atoms with van der Waals surface area (Å²) in [5, 5.41) is 9.22. The van der Waals surface area contributed by atoms with E-state index in [0.29, 0.717) is 0 Å². The highest BCUT2D eigenvalue weighted by Gasteiger charge is 2.10. The quantitative estimate of drug-likeness (QED) is 0.800. The summed E-state index contributed by atoms with van der Waals surface area (Å²) < 4.78 is 1.92. The lowest BCUT2D eigenvalue weighted by Gasteiger charge is -2.19. The van der Waals surface area contributed by atoms with Crippen molar-refractivity contribution in [1.29, 1.82) is 0 Å². The Morgan fingerprint density at radius 1 is 1.10 bits per heavy atom. The summed E-state index contributed by atoms with van der Waals surface area (Å²) in [7, 11) is 0. The van der Waals surface area contributed by atoms with Crippen molar-refractivity contribution in [3.05, 3.63) is 54.5 Å². The first-order valence-electron chi connectivity index (χ1n) is 7.17. The van der Waals surface area contributed by atoms with Crippen molar-refractivity contribution in [3.63, 3.8) is 0 Å². The van der Waals surface area contributed by atoms with Crippen LogP contribution in [0.2, 0.25) is 0 Å². The molecule has 0 unspecified atom stereocenters. The average molecular weight is 280 g/mol. The molecule has 1 aromatic carbocycles. The zero-order valence-electron chi connectivity index (χ0n) is 12.7. The van der Waals surface area contributed by atoms with Crippen LogP contribution in [-0.4, -0.2) is 20.3 Å². The summed E-state index contributed by atoms with van der Waals surface area (Å²) in [6.07, 6.45) is 3.81. The molecule has 3 aromatic rings. The first kappa shape index (κ1) is 13.8. The Labute approximate surface area is 124 Å². The van der Waals surface area contributed by atoms with Crippen molar-refractivity contribution >= 4 is 10.9 Å². The topological polar surface area (TPSA) is 42.7 Å². The molecule has 4 heteroatoms. The number of nitrogens with zero attached hydrogens (tertiary/aromatic N) is 3. The zero-order chi connectivity index (χ0) is 14.9. The summed E-state index contributed by atoms with van der Waals surface area (Å²) in [6, 6.07) is 12.2. The maximum Gasteiger partial charge on any atom is 0.0767 e. The summed E-state index contributed by atoms with van der Waals surface area (Å²) in [5.41, 5.74) is 3.17. The molecule has 0 saturated heterocycles. The Morgan fingerprint density at radius 3 is 2.76 bits per heavy atom. The van der Waals surface area contributed by atoms with Crippen LogP contribution >= 0.6 is 0 Å². The molecule has 0 aliphatic rings. The second kappa shape index (κ2) is 5.30. The first-order chi connectivity index (χ1) is 10.0. The molecule has 3 rings (SSSR count). The van der Waals surface area contributed by atoms with Gasteiger partial charge in [0.1, 0.15) is 0 Å². The van der Waals surface area contributed by atoms with E-state index < -0.39 is 0 Å². The van der Waals surface area contributed by atoms with Gasteiger partial charge in [0.15, 0.2) is 0 Å². The van der Waals surface area contributed by atoms with E-state index in [4.69, 9.17) is 0 Å². The van der Waals surface area contributed by atoms with Gasteiger partial charge >= 0.3 is 0 Å². The minimum absolute atomic E-state index is 0.0904. The van der Waals surface area contributed by atoms with Crippen molar-refractivity contribution < 1.29 is 0 Å². The summed E-state index contributed by atoms with van der Waals surface area (Å²) >= 11 is 0. The van der Waals surface area contributed by atoms with Crippen LogP contribution in [-0.2, 0) is 6.54 Å². The number of benzene rings is 1. The van der Waals surface area contributed by atoms with E-state index in [1.54, 1.807) is 0 Å². The van der Waals surface area contributed by atoms with Crippen molar-refractivity contribution in [1.82, 2.24) is 20.1 Å². The summed E-state index contributed by atoms with van der Waals surface area (Å²) in [5.74, 6) is 0. The Hall–Kier alpha value is -2.20. The molecule has 2 heterocycles. The third kappa shape index (κ3) is 3.11. The molecular weight excluding hydrogens is 260 g/mol. The maximum absolute atomic E-state index is 4.66. The molecule has 1 N–H and O–H groups in total. The number of pyridine rings is 1. The van der Waals surface area contributed by atoms with E-state index in [1.807, 2.05) is 41.3 Å². The fraction of sp³-hybridized carbons (Fsp3) is 0.294. The predicted octanol–water partition coefficient (Wildman–Crippen LogP) is 3.31. The largest absolute Gasteiger partial charge is 0.306 e. The van der Waals surface area contributed by atoms with Gasteiger partial charge in [-0.3, -0.25) is 4.98 Å². The highest BCUT2D eigenvalue weighted by molar-refractivity contribution is 5.86. The molecule has 0 amide bonds. The number of nitrogens with one attached hydrogen (secondary N) is 1. The van der Waals surface area contributed by atoms with Gasteiger partial charge in [-0.2, -0.15) is 5.10 Å². The molecule has 108 valence electrons. The molecule has 0 aliphatic heterocycles. The van der Waals surface area contributed by atoms with Gasteiger partial charge in [0.05, 0.1) is 16.9 Å². The SMILES string of the molecule is CC(C)(C)NCc1ccn(-c2cccc3ncccc23)n1.